The van der Waals surface area contributed by atoms with Crippen LogP contribution in [0.4, 0.5) is 5.13 Å². The van der Waals surface area contributed by atoms with Crippen molar-refractivity contribution in [2.75, 3.05) is 31.0 Å². The number of nitrogens with two attached hydrogens (primary N) is 1. The molecule has 3 aliphatic rings. The summed E-state index contributed by atoms with van der Waals surface area (Å²) in [7, 11) is 1.26. The second-order valence-electron chi connectivity index (χ2n) is 6.91. The van der Waals surface area contributed by atoms with Crippen LogP contribution in [-0.2, 0) is 28.8 Å². The number of nitrogens with zero attached hydrogens (tertiary/aromatic N) is 3. The molecule has 16 heteroatoms. The van der Waals surface area contributed by atoms with E-state index in [0.717, 1.165) is 16.2 Å². The number of aromatic nitrogens is 1. The lowest BCUT2D eigenvalue weighted by molar-refractivity contribution is -0.150. The molecule has 3 aliphatic heterocycles. The number of thioether (sulfide) groups is 2. The Morgan fingerprint density at radius 2 is 2.26 bits per heavy atom. The van der Waals surface area contributed by atoms with E-state index >= 15 is 0 Å². The minimum Gasteiger partial charge on any atom is -0.477 e. The molecule has 1 saturated heterocycles. The number of carbonyl (C=O) groups excluding carboxylic acids is 3. The highest BCUT2D eigenvalue weighted by atomic mass is 35.5. The highest BCUT2D eigenvalue weighted by Crippen LogP contribution is 2.42. The van der Waals surface area contributed by atoms with E-state index in [9.17, 15) is 24.3 Å². The number of aliphatic carboxylic acids is 1. The molecule has 0 radical (unpaired) electrons. The standard InChI is InChI=1S/C18H16ClN5O7S3/c1-30-23-10(7-5-34-18(20)21-7)13(25)22-11-14(26)24-12(16(27)28)6(4-33-15(11)24)3-32-8-2-31-17(29)9(8)19/h5,11,15H,2-4H2,1H3,(H2,20,21)(H,22,25)(H,27,28)/t11-,15+/m1/s1. The number of hydrogen-bond donors (Lipinski definition) is 3. The van der Waals surface area contributed by atoms with Crippen molar-refractivity contribution in [1.82, 2.24) is 15.2 Å². The van der Waals surface area contributed by atoms with Gasteiger partial charge in [0.05, 0.1) is 0 Å². The van der Waals surface area contributed by atoms with Gasteiger partial charge in [0.1, 0.15) is 41.6 Å². The Hall–Kier alpha value is -2.75. The fourth-order valence-electron chi connectivity index (χ4n) is 3.35. The van der Waals surface area contributed by atoms with E-state index in [2.05, 4.69) is 15.5 Å². The lowest BCUT2D eigenvalue weighted by Crippen LogP contribution is -2.71. The molecule has 2 atom stereocenters. The number of cyclic esters (lactones) is 1. The minimum absolute atomic E-state index is 0.0259. The van der Waals surface area contributed by atoms with Crippen LogP contribution >= 0.6 is 46.5 Å². The third-order valence-corrected chi connectivity index (χ3v) is 8.55. The first-order valence-corrected chi connectivity index (χ1v) is 12.7. The van der Waals surface area contributed by atoms with Gasteiger partial charge in [0.25, 0.3) is 11.8 Å². The molecule has 2 amide bonds. The van der Waals surface area contributed by atoms with Gasteiger partial charge in [0.15, 0.2) is 10.8 Å². The van der Waals surface area contributed by atoms with Crippen molar-refractivity contribution < 1.29 is 33.9 Å². The second-order valence-corrected chi connectivity index (χ2v) is 10.4. The third-order valence-electron chi connectivity index (χ3n) is 4.88. The number of oxime groups is 1. The predicted molar refractivity (Wildman–Crippen MR) is 126 cm³/mol. The lowest BCUT2D eigenvalue weighted by Gasteiger charge is -2.49. The van der Waals surface area contributed by atoms with Crippen LogP contribution in [0.15, 0.2) is 31.7 Å². The molecule has 4 N–H and O–H groups in total. The van der Waals surface area contributed by atoms with Gasteiger partial charge in [0.2, 0.25) is 0 Å². The second kappa shape index (κ2) is 9.85. The van der Waals surface area contributed by atoms with Crippen LogP contribution in [0.1, 0.15) is 5.69 Å². The highest BCUT2D eigenvalue weighted by Gasteiger charge is 2.54. The number of rotatable bonds is 8. The number of carboxylic acid groups (broad SMARTS) is 1. The number of nitrogens with one attached hydrogen (secondary N) is 1. The monoisotopic (exact) mass is 545 g/mol. The van der Waals surface area contributed by atoms with Crippen LogP contribution < -0.4 is 11.1 Å². The summed E-state index contributed by atoms with van der Waals surface area (Å²) in [6, 6.07) is -0.961. The van der Waals surface area contributed by atoms with Gasteiger partial charge >= 0.3 is 11.9 Å². The Bertz CT molecular complexity index is 1180. The van der Waals surface area contributed by atoms with Gasteiger partial charge in [0, 0.05) is 21.8 Å². The van der Waals surface area contributed by atoms with Gasteiger partial charge in [-0.25, -0.2) is 14.6 Å². The molecule has 0 unspecified atom stereocenters. The van der Waals surface area contributed by atoms with E-state index in [0.29, 0.717) is 16.2 Å². The lowest BCUT2D eigenvalue weighted by atomic mass is 10.0. The SMILES string of the molecule is CON=C(C(=O)N[C@@H]1C(=O)N2C(C(=O)O)=C(CSC3=C(Cl)C(=O)OC3)CS[C@@H]12)c1csc(N)n1. The smallest absolute Gasteiger partial charge is 0.352 e. The molecule has 0 aromatic carbocycles. The molecule has 0 aliphatic carbocycles. The average Bonchev–Trinajstić information content (AvgIpc) is 3.38. The quantitative estimate of drug-likeness (QED) is 0.180. The molecule has 0 saturated carbocycles. The summed E-state index contributed by atoms with van der Waals surface area (Å²) in [6.07, 6.45) is 0. The number of hydrogen-bond acceptors (Lipinski definition) is 12. The number of amides is 2. The van der Waals surface area contributed by atoms with Gasteiger partial charge in [-0.2, -0.15) is 0 Å². The summed E-state index contributed by atoms with van der Waals surface area (Å²) >= 11 is 9.51. The summed E-state index contributed by atoms with van der Waals surface area (Å²) in [5.41, 5.74) is 5.99. The number of carboxylic acids is 1. The Labute approximate surface area is 209 Å². The normalized spacial score (nSPS) is 22.4. The van der Waals surface area contributed by atoms with Gasteiger partial charge in [-0.1, -0.05) is 16.8 Å². The molecule has 4 heterocycles. The predicted octanol–water partition coefficient (Wildman–Crippen LogP) is 0.555. The Kier molecular flexibility index (Phi) is 7.06. The Morgan fingerprint density at radius 3 is 2.85 bits per heavy atom. The molecule has 12 nitrogen and oxygen atoms in total. The zero-order valence-electron chi connectivity index (χ0n) is 17.3. The van der Waals surface area contributed by atoms with Crippen molar-refractivity contribution >= 4 is 81.1 Å². The minimum atomic E-state index is -1.27. The molecule has 34 heavy (non-hydrogen) atoms. The Balaban J connectivity index is 1.49. The maximum Gasteiger partial charge on any atom is 0.352 e. The van der Waals surface area contributed by atoms with E-state index in [-0.39, 0.29) is 39.6 Å². The number of ether oxygens (including phenoxy) is 1. The molecule has 1 aromatic rings. The number of nitrogen functional groups attached to an aromatic ring is 1. The summed E-state index contributed by atoms with van der Waals surface area (Å²) in [4.78, 5) is 59.4. The first kappa shape index (κ1) is 24.4. The number of carbonyl (C=O) groups is 4. The number of fused-ring (bicyclic) bond motifs is 1. The molecular formula is C18H16ClN5O7S3. The van der Waals surface area contributed by atoms with Crippen LogP contribution in [0.3, 0.4) is 0 Å². The van der Waals surface area contributed by atoms with Crippen LogP contribution in [0.2, 0.25) is 0 Å². The van der Waals surface area contributed by atoms with Gasteiger partial charge in [-0.3, -0.25) is 14.5 Å². The van der Waals surface area contributed by atoms with Crippen molar-refractivity contribution in [2.24, 2.45) is 5.16 Å². The molecule has 1 aromatic heterocycles. The number of thiazole rings is 1. The van der Waals surface area contributed by atoms with Crippen molar-refractivity contribution in [1.29, 1.82) is 0 Å². The van der Waals surface area contributed by atoms with Gasteiger partial charge < -0.3 is 25.7 Å². The Morgan fingerprint density at radius 1 is 1.50 bits per heavy atom. The van der Waals surface area contributed by atoms with E-state index < -0.39 is 35.2 Å². The summed E-state index contributed by atoms with van der Waals surface area (Å²) in [5.74, 6) is -2.66. The van der Waals surface area contributed by atoms with Crippen molar-refractivity contribution in [2.45, 2.75) is 11.4 Å². The van der Waals surface area contributed by atoms with Gasteiger partial charge in [-0.05, 0) is 5.57 Å². The molecular weight excluding hydrogens is 530 g/mol. The highest BCUT2D eigenvalue weighted by molar-refractivity contribution is 8.03. The number of β-lactam (4-membered cyclic amide) rings is 1. The van der Waals surface area contributed by atoms with Crippen LogP contribution in [0.5, 0.6) is 0 Å². The van der Waals surface area contributed by atoms with E-state index in [1.165, 1.54) is 36.0 Å². The topological polar surface area (TPSA) is 174 Å². The summed E-state index contributed by atoms with van der Waals surface area (Å²) in [5, 5.41) is 17.2. The van der Waals surface area contributed by atoms with Crippen molar-refractivity contribution in [3.63, 3.8) is 0 Å². The molecule has 0 bridgehead atoms. The number of esters is 1. The molecule has 4 rings (SSSR count). The van der Waals surface area contributed by atoms with E-state index in [1.807, 2.05) is 0 Å². The van der Waals surface area contributed by atoms with Crippen LogP contribution in [-0.4, -0.2) is 81.1 Å². The first-order valence-electron chi connectivity index (χ1n) is 9.44. The molecule has 0 spiro atoms. The van der Waals surface area contributed by atoms with Crippen LogP contribution in [0, 0.1) is 0 Å². The summed E-state index contributed by atoms with van der Waals surface area (Å²) < 4.78 is 4.84. The van der Waals surface area contributed by atoms with Crippen molar-refractivity contribution in [3.8, 4) is 0 Å². The first-order chi connectivity index (χ1) is 16.2. The van der Waals surface area contributed by atoms with Crippen molar-refractivity contribution in [3.05, 3.63) is 32.3 Å². The van der Waals surface area contributed by atoms with Crippen LogP contribution in [0.25, 0.3) is 0 Å². The fourth-order valence-corrected chi connectivity index (χ4v) is 6.58. The maximum absolute atomic E-state index is 12.9. The number of anilines is 1. The fraction of sp³-hybridized carbons (Fsp3) is 0.333. The average molecular weight is 546 g/mol. The zero-order valence-corrected chi connectivity index (χ0v) is 20.5. The van der Waals surface area contributed by atoms with Gasteiger partial charge in [-0.15, -0.1) is 34.9 Å². The molecule has 1 fully saturated rings. The van der Waals surface area contributed by atoms with E-state index in [1.54, 1.807) is 0 Å². The summed E-state index contributed by atoms with van der Waals surface area (Å²) in [6.45, 7) is 0.0283. The largest absolute Gasteiger partial charge is 0.477 e. The third kappa shape index (κ3) is 4.47. The molecule has 180 valence electrons. The maximum atomic E-state index is 12.9. The zero-order chi connectivity index (χ0) is 24.6. The van der Waals surface area contributed by atoms with E-state index in [4.69, 9.17) is 26.9 Å². The number of halogens is 1.